The van der Waals surface area contributed by atoms with Crippen molar-refractivity contribution < 1.29 is 0 Å². The summed E-state index contributed by atoms with van der Waals surface area (Å²) in [7, 11) is 0. The van der Waals surface area contributed by atoms with Gasteiger partial charge in [0.15, 0.2) is 0 Å². The van der Waals surface area contributed by atoms with Crippen LogP contribution in [0, 0.1) is 6.92 Å². The Hall–Kier alpha value is -0.370. The van der Waals surface area contributed by atoms with Crippen molar-refractivity contribution in [3.05, 3.63) is 16.6 Å². The number of aromatic nitrogens is 1. The molecule has 0 saturated heterocycles. The van der Waals surface area contributed by atoms with E-state index in [1.807, 2.05) is 0 Å². The van der Waals surface area contributed by atoms with Crippen molar-refractivity contribution in [2.75, 3.05) is 0 Å². The average molecular weight is 127 g/mol. The highest BCUT2D eigenvalue weighted by Gasteiger charge is 1.91. The van der Waals surface area contributed by atoms with E-state index < -0.39 is 0 Å². The molecule has 0 spiro atoms. The zero-order chi connectivity index (χ0) is 5.98. The van der Waals surface area contributed by atoms with Crippen molar-refractivity contribution in [3.8, 4) is 0 Å². The molecule has 0 unspecified atom stereocenters. The molecule has 1 heterocycles. The Morgan fingerprint density at radius 1 is 1.75 bits per heavy atom. The molecule has 0 radical (unpaired) electrons. The molecule has 1 rings (SSSR count). The molecule has 0 aliphatic rings. The van der Waals surface area contributed by atoms with Crippen LogP contribution < -0.4 is 0 Å². The lowest BCUT2D eigenvalue weighted by Gasteiger charge is -1.77. The van der Waals surface area contributed by atoms with Gasteiger partial charge in [0, 0.05) is 4.88 Å². The van der Waals surface area contributed by atoms with E-state index in [9.17, 15) is 0 Å². The molecule has 0 atom stereocenters. The summed E-state index contributed by atoms with van der Waals surface area (Å²) >= 11 is 1.58. The van der Waals surface area contributed by atoms with E-state index in [1.165, 1.54) is 10.6 Å². The first-order valence-electron chi connectivity index (χ1n) is 2.75. The van der Waals surface area contributed by atoms with Gasteiger partial charge in [0.1, 0.15) is 0 Å². The van der Waals surface area contributed by atoms with Gasteiger partial charge in [0.25, 0.3) is 0 Å². The van der Waals surface area contributed by atoms with E-state index in [0.29, 0.717) is 0 Å². The first kappa shape index (κ1) is 5.76. The first-order chi connectivity index (χ1) is 3.83. The fourth-order valence-corrected chi connectivity index (χ4v) is 1.22. The largest absolute Gasteiger partial charge is 0.197 e. The number of aryl methyl sites for hydroxylation is 2. The second kappa shape index (κ2) is 2.27. The van der Waals surface area contributed by atoms with Crippen LogP contribution >= 0.6 is 11.5 Å². The molecule has 8 heavy (non-hydrogen) atoms. The van der Waals surface area contributed by atoms with Crippen molar-refractivity contribution in [3.63, 3.8) is 0 Å². The van der Waals surface area contributed by atoms with E-state index >= 15 is 0 Å². The standard InChI is InChI=1S/C6H9NS/c1-3-6-4-5(2)8-7-6/h4H,3H2,1-2H3. The van der Waals surface area contributed by atoms with Crippen LogP contribution in [0.1, 0.15) is 17.5 Å². The van der Waals surface area contributed by atoms with Crippen LogP contribution in [0.3, 0.4) is 0 Å². The van der Waals surface area contributed by atoms with E-state index in [4.69, 9.17) is 0 Å². The van der Waals surface area contributed by atoms with Crippen molar-refractivity contribution >= 4 is 11.5 Å². The van der Waals surface area contributed by atoms with Gasteiger partial charge in [-0.3, -0.25) is 0 Å². The molecule has 0 N–H and O–H groups in total. The fraction of sp³-hybridized carbons (Fsp3) is 0.500. The number of nitrogens with zero attached hydrogens (tertiary/aromatic N) is 1. The van der Waals surface area contributed by atoms with Crippen LogP contribution in [0.4, 0.5) is 0 Å². The van der Waals surface area contributed by atoms with Gasteiger partial charge in [-0.2, -0.15) is 4.37 Å². The van der Waals surface area contributed by atoms with Gasteiger partial charge in [0.05, 0.1) is 5.69 Å². The van der Waals surface area contributed by atoms with Gasteiger partial charge in [-0.05, 0) is 30.9 Å². The summed E-state index contributed by atoms with van der Waals surface area (Å²) in [5.41, 5.74) is 1.22. The predicted octanol–water partition coefficient (Wildman–Crippen LogP) is 2.01. The SMILES string of the molecule is CCc1cc(C)sn1. The van der Waals surface area contributed by atoms with E-state index in [1.54, 1.807) is 11.5 Å². The van der Waals surface area contributed by atoms with Crippen molar-refractivity contribution in [2.24, 2.45) is 0 Å². The average Bonchev–Trinajstić information content (AvgIpc) is 2.14. The highest BCUT2D eigenvalue weighted by molar-refractivity contribution is 7.05. The summed E-state index contributed by atoms with van der Waals surface area (Å²) in [6, 6.07) is 2.13. The van der Waals surface area contributed by atoms with Gasteiger partial charge >= 0.3 is 0 Å². The maximum atomic E-state index is 4.18. The van der Waals surface area contributed by atoms with Crippen LogP contribution in [0.25, 0.3) is 0 Å². The van der Waals surface area contributed by atoms with Gasteiger partial charge in [-0.15, -0.1) is 0 Å². The lowest BCUT2D eigenvalue weighted by Crippen LogP contribution is -1.73. The van der Waals surface area contributed by atoms with Crippen LogP contribution in [-0.4, -0.2) is 4.37 Å². The van der Waals surface area contributed by atoms with Crippen LogP contribution in [0.15, 0.2) is 6.07 Å². The summed E-state index contributed by atoms with van der Waals surface area (Å²) in [4.78, 5) is 1.31. The first-order valence-corrected chi connectivity index (χ1v) is 3.52. The lowest BCUT2D eigenvalue weighted by molar-refractivity contribution is 1.09. The Balaban J connectivity index is 2.84. The third-order valence-corrected chi connectivity index (χ3v) is 1.77. The zero-order valence-corrected chi connectivity index (χ0v) is 5.96. The maximum Gasteiger partial charge on any atom is 0.0542 e. The molecule has 1 nitrogen and oxygen atoms in total. The van der Waals surface area contributed by atoms with Gasteiger partial charge in [0.2, 0.25) is 0 Å². The fourth-order valence-electron chi connectivity index (χ4n) is 0.585. The summed E-state index contributed by atoms with van der Waals surface area (Å²) in [6.45, 7) is 4.20. The molecular weight excluding hydrogens is 118 g/mol. The summed E-state index contributed by atoms with van der Waals surface area (Å²) < 4.78 is 4.18. The van der Waals surface area contributed by atoms with Gasteiger partial charge in [-0.1, -0.05) is 6.92 Å². The molecule has 0 amide bonds. The highest BCUT2D eigenvalue weighted by atomic mass is 32.1. The van der Waals surface area contributed by atoms with E-state index in [-0.39, 0.29) is 0 Å². The van der Waals surface area contributed by atoms with Crippen molar-refractivity contribution in [2.45, 2.75) is 20.3 Å². The topological polar surface area (TPSA) is 12.9 Å². The normalized spacial score (nSPS) is 9.75. The maximum absolute atomic E-state index is 4.18. The van der Waals surface area contributed by atoms with E-state index in [0.717, 1.165) is 6.42 Å². The molecule has 0 aliphatic carbocycles. The van der Waals surface area contributed by atoms with Crippen molar-refractivity contribution in [1.29, 1.82) is 0 Å². The van der Waals surface area contributed by atoms with Crippen molar-refractivity contribution in [1.82, 2.24) is 4.37 Å². The minimum atomic E-state index is 1.06. The monoisotopic (exact) mass is 127 g/mol. The molecule has 0 aliphatic heterocycles. The Labute approximate surface area is 53.5 Å². The minimum Gasteiger partial charge on any atom is -0.197 e. The molecule has 1 aromatic rings. The zero-order valence-electron chi connectivity index (χ0n) is 5.14. The predicted molar refractivity (Wildman–Crippen MR) is 36.2 cm³/mol. The van der Waals surface area contributed by atoms with Crippen LogP contribution in [-0.2, 0) is 6.42 Å². The smallest absolute Gasteiger partial charge is 0.0542 e. The summed E-state index contributed by atoms with van der Waals surface area (Å²) in [5.74, 6) is 0. The third-order valence-electron chi connectivity index (χ3n) is 1.04. The number of hydrogen-bond donors (Lipinski definition) is 0. The summed E-state index contributed by atoms with van der Waals surface area (Å²) in [6.07, 6.45) is 1.06. The number of hydrogen-bond acceptors (Lipinski definition) is 2. The Morgan fingerprint density at radius 3 is 2.75 bits per heavy atom. The second-order valence-corrected chi connectivity index (χ2v) is 2.79. The minimum absolute atomic E-state index is 1.06. The molecular formula is C6H9NS. The van der Waals surface area contributed by atoms with Gasteiger partial charge < -0.3 is 0 Å². The van der Waals surface area contributed by atoms with Crippen LogP contribution in [0.2, 0.25) is 0 Å². The summed E-state index contributed by atoms with van der Waals surface area (Å²) in [5, 5.41) is 0. The Morgan fingerprint density at radius 2 is 2.50 bits per heavy atom. The van der Waals surface area contributed by atoms with Crippen LogP contribution in [0.5, 0.6) is 0 Å². The van der Waals surface area contributed by atoms with Gasteiger partial charge in [-0.25, -0.2) is 0 Å². The number of rotatable bonds is 1. The third kappa shape index (κ3) is 1.07. The molecule has 0 saturated carbocycles. The second-order valence-electron chi connectivity index (χ2n) is 1.78. The Bertz CT molecular complexity index is 169. The molecule has 0 aromatic carbocycles. The molecule has 44 valence electrons. The molecule has 2 heteroatoms. The molecule has 1 aromatic heterocycles. The lowest BCUT2D eigenvalue weighted by atomic mass is 10.3. The quantitative estimate of drug-likeness (QED) is 0.562. The Kier molecular flexibility index (Phi) is 1.63. The van der Waals surface area contributed by atoms with E-state index in [2.05, 4.69) is 24.3 Å². The highest BCUT2D eigenvalue weighted by Crippen LogP contribution is 2.07. The molecule has 0 bridgehead atoms. The molecule has 0 fully saturated rings.